The third kappa shape index (κ3) is 2.92. The summed E-state index contributed by atoms with van der Waals surface area (Å²) in [5, 5.41) is 0.193. The molecule has 0 heterocycles. The zero-order valence-electron chi connectivity index (χ0n) is 8.93. The zero-order chi connectivity index (χ0) is 13.3. The third-order valence-corrected chi connectivity index (χ3v) is 4.35. The molecule has 94 valence electrons. The maximum Gasteiger partial charge on any atom is 0.160 e. The average Bonchev–Trinajstić information content (AvgIpc) is 2.34. The lowest BCUT2D eigenvalue weighted by atomic mass is 10.0. The molecule has 0 N–H and O–H groups in total. The molecule has 0 aliphatic rings. The summed E-state index contributed by atoms with van der Waals surface area (Å²) in [6.07, 6.45) is 0. The first-order valence-corrected chi connectivity index (χ1v) is 7.11. The van der Waals surface area contributed by atoms with E-state index in [0.29, 0.717) is 5.56 Å². The van der Waals surface area contributed by atoms with E-state index in [2.05, 4.69) is 31.9 Å². The summed E-state index contributed by atoms with van der Waals surface area (Å²) in [5.41, 5.74) is 1.41. The Morgan fingerprint density at radius 2 is 1.56 bits per heavy atom. The Hall–Kier alpha value is -0.450. The van der Waals surface area contributed by atoms with Crippen LogP contribution in [0.1, 0.15) is 16.0 Å². The van der Waals surface area contributed by atoms with Crippen molar-refractivity contribution in [2.45, 2.75) is 4.83 Å². The van der Waals surface area contributed by atoms with Crippen LogP contribution in [0.5, 0.6) is 0 Å². The monoisotopic (exact) mass is 394 g/mol. The van der Waals surface area contributed by atoms with E-state index in [0.717, 1.165) is 22.2 Å². The molecular formula is C13H7Br2ClF2. The second-order valence-corrected chi connectivity index (χ2v) is 5.94. The van der Waals surface area contributed by atoms with Crippen molar-refractivity contribution >= 4 is 43.5 Å². The largest absolute Gasteiger partial charge is 0.204 e. The molecular weight excluding hydrogens is 389 g/mol. The van der Waals surface area contributed by atoms with Crippen LogP contribution in [0.25, 0.3) is 0 Å². The minimum Gasteiger partial charge on any atom is -0.204 e. The molecule has 0 amide bonds. The summed E-state index contributed by atoms with van der Waals surface area (Å²) in [4.78, 5) is -0.284. The molecule has 0 bridgehead atoms. The topological polar surface area (TPSA) is 0 Å². The van der Waals surface area contributed by atoms with E-state index in [9.17, 15) is 8.78 Å². The van der Waals surface area contributed by atoms with Crippen molar-refractivity contribution in [1.82, 2.24) is 0 Å². The van der Waals surface area contributed by atoms with Crippen LogP contribution in [0.15, 0.2) is 40.9 Å². The molecule has 5 heteroatoms. The van der Waals surface area contributed by atoms with Crippen molar-refractivity contribution in [2.24, 2.45) is 0 Å². The molecule has 18 heavy (non-hydrogen) atoms. The summed E-state index contributed by atoms with van der Waals surface area (Å²) >= 11 is 12.7. The van der Waals surface area contributed by atoms with Gasteiger partial charge in [-0.3, -0.25) is 0 Å². The number of hydrogen-bond donors (Lipinski definition) is 0. The first kappa shape index (κ1) is 14.0. The van der Waals surface area contributed by atoms with Gasteiger partial charge < -0.3 is 0 Å². The minimum atomic E-state index is -0.945. The Balaban J connectivity index is 2.42. The highest BCUT2D eigenvalue weighted by Gasteiger charge is 2.17. The molecule has 1 unspecified atom stereocenters. The van der Waals surface area contributed by atoms with Gasteiger partial charge in [-0.25, -0.2) is 8.78 Å². The minimum absolute atomic E-state index is 0.193. The summed E-state index contributed by atoms with van der Waals surface area (Å²) in [6.45, 7) is 0. The molecule has 0 spiro atoms. The molecule has 0 radical (unpaired) electrons. The first-order valence-electron chi connectivity index (χ1n) is 5.03. The molecule has 0 fully saturated rings. The van der Waals surface area contributed by atoms with Crippen LogP contribution >= 0.6 is 43.5 Å². The predicted molar refractivity (Wildman–Crippen MR) is 76.3 cm³/mol. The number of halogens is 5. The molecule has 0 aromatic heterocycles. The van der Waals surface area contributed by atoms with E-state index in [1.807, 2.05) is 24.3 Å². The summed E-state index contributed by atoms with van der Waals surface area (Å²) in [5.74, 6) is -1.85. The van der Waals surface area contributed by atoms with Gasteiger partial charge in [0.05, 0.1) is 4.83 Å². The standard InChI is InChI=1S/C13H7Br2ClF2/c14-8-3-1-7(2-4-8)13(15)9-5-11(17)12(18)6-10(9)16/h1-6,13H. The van der Waals surface area contributed by atoms with Crippen LogP contribution in [0, 0.1) is 11.6 Å². The predicted octanol–water partition coefficient (Wildman–Crippen LogP) is 5.87. The Morgan fingerprint density at radius 3 is 2.17 bits per heavy atom. The second-order valence-electron chi connectivity index (χ2n) is 3.70. The van der Waals surface area contributed by atoms with Crippen LogP contribution in [-0.4, -0.2) is 0 Å². The van der Waals surface area contributed by atoms with Crippen molar-refractivity contribution in [1.29, 1.82) is 0 Å². The summed E-state index contributed by atoms with van der Waals surface area (Å²) in [6, 6.07) is 9.59. The summed E-state index contributed by atoms with van der Waals surface area (Å²) in [7, 11) is 0. The number of rotatable bonds is 2. The number of alkyl halides is 1. The molecule has 2 aromatic rings. The first-order chi connectivity index (χ1) is 8.49. The smallest absolute Gasteiger partial charge is 0.160 e. The van der Waals surface area contributed by atoms with E-state index < -0.39 is 11.6 Å². The van der Waals surface area contributed by atoms with E-state index in [-0.39, 0.29) is 9.85 Å². The summed E-state index contributed by atoms with van der Waals surface area (Å²) < 4.78 is 27.2. The van der Waals surface area contributed by atoms with Gasteiger partial charge in [0, 0.05) is 9.50 Å². The highest BCUT2D eigenvalue weighted by atomic mass is 79.9. The highest BCUT2D eigenvalue weighted by Crippen LogP contribution is 2.36. The Morgan fingerprint density at radius 1 is 1.00 bits per heavy atom. The lowest BCUT2D eigenvalue weighted by Crippen LogP contribution is -1.97. The molecule has 0 aliphatic carbocycles. The van der Waals surface area contributed by atoms with Crippen LogP contribution in [-0.2, 0) is 0 Å². The van der Waals surface area contributed by atoms with Crippen molar-refractivity contribution in [3.63, 3.8) is 0 Å². The van der Waals surface area contributed by atoms with Gasteiger partial charge in [0.25, 0.3) is 0 Å². The molecule has 0 saturated heterocycles. The second kappa shape index (κ2) is 5.68. The third-order valence-electron chi connectivity index (χ3n) is 2.48. The van der Waals surface area contributed by atoms with Gasteiger partial charge in [0.1, 0.15) is 0 Å². The lowest BCUT2D eigenvalue weighted by molar-refractivity contribution is 0.507. The average molecular weight is 396 g/mol. The normalized spacial score (nSPS) is 12.5. The van der Waals surface area contributed by atoms with Gasteiger partial charge in [0.2, 0.25) is 0 Å². The molecule has 0 aliphatic heterocycles. The molecule has 0 nitrogen and oxygen atoms in total. The van der Waals surface area contributed by atoms with Gasteiger partial charge in [-0.2, -0.15) is 0 Å². The Kier molecular flexibility index (Phi) is 4.41. The van der Waals surface area contributed by atoms with Crippen LogP contribution < -0.4 is 0 Å². The molecule has 2 rings (SSSR count). The van der Waals surface area contributed by atoms with E-state index in [1.165, 1.54) is 0 Å². The van der Waals surface area contributed by atoms with Crippen molar-refractivity contribution in [3.8, 4) is 0 Å². The molecule has 2 aromatic carbocycles. The fourth-order valence-corrected chi connectivity index (χ4v) is 2.88. The van der Waals surface area contributed by atoms with Gasteiger partial charge in [-0.1, -0.05) is 55.6 Å². The van der Waals surface area contributed by atoms with Crippen molar-refractivity contribution < 1.29 is 8.78 Å². The van der Waals surface area contributed by atoms with Gasteiger partial charge in [-0.05, 0) is 35.4 Å². The Labute approximate surface area is 125 Å². The fraction of sp³-hybridized carbons (Fsp3) is 0.0769. The van der Waals surface area contributed by atoms with Gasteiger partial charge in [-0.15, -0.1) is 0 Å². The van der Waals surface area contributed by atoms with Crippen LogP contribution in [0.2, 0.25) is 5.02 Å². The Bertz CT molecular complexity index is 570. The van der Waals surface area contributed by atoms with Crippen molar-refractivity contribution in [2.75, 3.05) is 0 Å². The maximum absolute atomic E-state index is 13.2. The quantitative estimate of drug-likeness (QED) is 0.440. The highest BCUT2D eigenvalue weighted by molar-refractivity contribution is 9.10. The fourth-order valence-electron chi connectivity index (χ4n) is 1.54. The van der Waals surface area contributed by atoms with Gasteiger partial charge in [0.15, 0.2) is 11.6 Å². The number of hydrogen-bond acceptors (Lipinski definition) is 0. The lowest BCUT2D eigenvalue weighted by Gasteiger charge is -2.13. The maximum atomic E-state index is 13.2. The van der Waals surface area contributed by atoms with E-state index in [1.54, 1.807) is 0 Å². The number of benzene rings is 2. The molecule has 1 atom stereocenters. The van der Waals surface area contributed by atoms with Crippen LogP contribution in [0.4, 0.5) is 8.78 Å². The van der Waals surface area contributed by atoms with Gasteiger partial charge >= 0.3 is 0 Å². The van der Waals surface area contributed by atoms with E-state index in [4.69, 9.17) is 11.6 Å². The van der Waals surface area contributed by atoms with Crippen LogP contribution in [0.3, 0.4) is 0 Å². The SMILES string of the molecule is Fc1cc(Cl)c(C(Br)c2ccc(Br)cc2)cc1F. The molecule has 0 saturated carbocycles. The zero-order valence-corrected chi connectivity index (χ0v) is 12.9. The van der Waals surface area contributed by atoms with Crippen molar-refractivity contribution in [3.05, 3.63) is 68.7 Å². The van der Waals surface area contributed by atoms with E-state index >= 15 is 0 Å².